The van der Waals surface area contributed by atoms with E-state index < -0.39 is 36.1 Å². The average Bonchev–Trinajstić information content (AvgIpc) is 2.15. The predicted octanol–water partition coefficient (Wildman–Crippen LogP) is 4.03. The Morgan fingerprint density at radius 3 is 1.53 bits per heavy atom. The van der Waals surface area contributed by atoms with Crippen molar-refractivity contribution in [2.24, 2.45) is 0 Å². The number of alkyl halides is 7. The quantitative estimate of drug-likeness (QED) is 0.731. The van der Waals surface area contributed by atoms with Crippen molar-refractivity contribution < 1.29 is 35.5 Å². The zero-order chi connectivity index (χ0) is 13.3. The summed E-state index contributed by atoms with van der Waals surface area (Å²) in [4.78, 5) is 0. The first-order chi connectivity index (χ1) is 7.64. The molecule has 0 amide bonds. The van der Waals surface area contributed by atoms with Crippen molar-refractivity contribution in [3.63, 3.8) is 0 Å². The van der Waals surface area contributed by atoms with E-state index in [4.69, 9.17) is 0 Å². The van der Waals surface area contributed by atoms with Crippen LogP contribution in [0.1, 0.15) is 11.1 Å². The van der Waals surface area contributed by atoms with Crippen molar-refractivity contribution in [2.45, 2.75) is 12.4 Å². The molecule has 0 aliphatic carbocycles. The third kappa shape index (κ3) is 3.50. The Balaban J connectivity index is 3.29. The molecular weight excluding hydrogens is 257 g/mol. The Kier molecular flexibility index (Phi) is 3.53. The van der Waals surface area contributed by atoms with Crippen molar-refractivity contribution in [2.75, 3.05) is 6.86 Å². The topological polar surface area (TPSA) is 9.23 Å². The summed E-state index contributed by atoms with van der Waals surface area (Å²) >= 11 is 0. The molecule has 0 saturated heterocycles. The average molecular weight is 262 g/mol. The number of hydrogen-bond acceptors (Lipinski definition) is 1. The van der Waals surface area contributed by atoms with E-state index in [1.807, 2.05) is 0 Å². The lowest BCUT2D eigenvalue weighted by atomic mass is 10.1. The van der Waals surface area contributed by atoms with Gasteiger partial charge in [0.2, 0.25) is 6.86 Å². The lowest BCUT2D eigenvalue weighted by Gasteiger charge is -2.13. The molecule has 1 aromatic rings. The number of ether oxygens (including phenoxy) is 1. The van der Waals surface area contributed by atoms with Gasteiger partial charge in [0.15, 0.2) is 0 Å². The third-order valence-corrected chi connectivity index (χ3v) is 1.78. The van der Waals surface area contributed by atoms with Gasteiger partial charge in [0.1, 0.15) is 5.75 Å². The minimum atomic E-state index is -4.96. The molecule has 1 aromatic carbocycles. The summed E-state index contributed by atoms with van der Waals surface area (Å²) in [5.74, 6) is -0.824. The molecule has 0 N–H and O–H groups in total. The largest absolute Gasteiger partial charge is 0.463 e. The van der Waals surface area contributed by atoms with E-state index in [2.05, 4.69) is 4.74 Å². The van der Waals surface area contributed by atoms with Gasteiger partial charge < -0.3 is 4.74 Å². The van der Waals surface area contributed by atoms with Gasteiger partial charge in [-0.05, 0) is 18.2 Å². The lowest BCUT2D eigenvalue weighted by Crippen LogP contribution is -2.11. The second-order valence-electron chi connectivity index (χ2n) is 3.00. The summed E-state index contributed by atoms with van der Waals surface area (Å²) in [6.45, 7) is -1.52. The van der Waals surface area contributed by atoms with Crippen molar-refractivity contribution in [1.82, 2.24) is 0 Å². The second kappa shape index (κ2) is 4.42. The van der Waals surface area contributed by atoms with Crippen LogP contribution in [0.15, 0.2) is 18.2 Å². The number of hydrogen-bond donors (Lipinski definition) is 0. The first kappa shape index (κ1) is 13.6. The summed E-state index contributed by atoms with van der Waals surface area (Å²) in [6, 6.07) is 0.536. The highest BCUT2D eigenvalue weighted by Gasteiger charge is 2.37. The molecule has 1 rings (SSSR count). The minimum absolute atomic E-state index is 0.0644. The first-order valence-electron chi connectivity index (χ1n) is 4.13. The van der Waals surface area contributed by atoms with Gasteiger partial charge >= 0.3 is 12.4 Å². The van der Waals surface area contributed by atoms with E-state index in [9.17, 15) is 30.7 Å². The van der Waals surface area contributed by atoms with Crippen LogP contribution in [0.3, 0.4) is 0 Å². The van der Waals surface area contributed by atoms with E-state index in [-0.39, 0.29) is 6.07 Å². The van der Waals surface area contributed by atoms with Gasteiger partial charge in [-0.25, -0.2) is 4.39 Å². The molecule has 0 saturated carbocycles. The molecule has 0 heterocycles. The second-order valence-corrected chi connectivity index (χ2v) is 3.00. The Hall–Kier alpha value is -1.47. The molecule has 17 heavy (non-hydrogen) atoms. The van der Waals surface area contributed by atoms with Crippen LogP contribution in [0, 0.1) is 0 Å². The summed E-state index contributed by atoms with van der Waals surface area (Å²) in [5, 5.41) is 0. The third-order valence-electron chi connectivity index (χ3n) is 1.78. The molecule has 0 fully saturated rings. The molecule has 0 unspecified atom stereocenters. The van der Waals surface area contributed by atoms with E-state index in [0.29, 0.717) is 12.1 Å². The highest BCUT2D eigenvalue weighted by Crippen LogP contribution is 2.38. The lowest BCUT2D eigenvalue weighted by molar-refractivity contribution is -0.143. The SMILES string of the molecule is FCOc1cc(C(F)(F)F)cc(C(F)(F)F)c1. The Labute approximate surface area is 90.8 Å². The van der Waals surface area contributed by atoms with Crippen LogP contribution < -0.4 is 4.74 Å². The van der Waals surface area contributed by atoms with Gasteiger partial charge in [0, 0.05) is 0 Å². The van der Waals surface area contributed by atoms with Crippen LogP contribution in [0.4, 0.5) is 30.7 Å². The molecule has 8 heteroatoms. The van der Waals surface area contributed by atoms with E-state index >= 15 is 0 Å². The van der Waals surface area contributed by atoms with Gasteiger partial charge in [-0.2, -0.15) is 26.3 Å². The zero-order valence-corrected chi connectivity index (χ0v) is 7.99. The van der Waals surface area contributed by atoms with Gasteiger partial charge in [0.05, 0.1) is 11.1 Å². The van der Waals surface area contributed by atoms with Crippen LogP contribution in [0.25, 0.3) is 0 Å². The van der Waals surface area contributed by atoms with Gasteiger partial charge in [0.25, 0.3) is 0 Å². The van der Waals surface area contributed by atoms with E-state index in [0.717, 1.165) is 0 Å². The van der Waals surface area contributed by atoms with Crippen LogP contribution in [0.5, 0.6) is 5.75 Å². The molecule has 0 aliphatic rings. The summed E-state index contributed by atoms with van der Waals surface area (Å²) < 4.78 is 89.3. The fourth-order valence-corrected chi connectivity index (χ4v) is 1.07. The zero-order valence-electron chi connectivity index (χ0n) is 7.99. The smallest absolute Gasteiger partial charge is 0.416 e. The monoisotopic (exact) mass is 262 g/mol. The Morgan fingerprint density at radius 2 is 1.24 bits per heavy atom. The number of halogens is 7. The van der Waals surface area contributed by atoms with Crippen LogP contribution in [-0.2, 0) is 12.4 Å². The van der Waals surface area contributed by atoms with Crippen molar-refractivity contribution in [3.05, 3.63) is 29.3 Å². The molecule has 0 spiro atoms. The van der Waals surface area contributed by atoms with Gasteiger partial charge in [-0.15, -0.1) is 0 Å². The molecule has 96 valence electrons. The fraction of sp³-hybridized carbons (Fsp3) is 0.333. The van der Waals surface area contributed by atoms with E-state index in [1.165, 1.54) is 0 Å². The Bertz CT molecular complexity index is 361. The molecule has 0 atom stereocenters. The summed E-state index contributed by atoms with van der Waals surface area (Å²) in [6.07, 6.45) is -9.93. The fourth-order valence-electron chi connectivity index (χ4n) is 1.07. The summed E-state index contributed by atoms with van der Waals surface area (Å²) in [7, 11) is 0. The summed E-state index contributed by atoms with van der Waals surface area (Å²) in [5.41, 5.74) is -3.09. The molecule has 0 aromatic heterocycles. The molecule has 0 bridgehead atoms. The normalized spacial score (nSPS) is 12.6. The van der Waals surface area contributed by atoms with Crippen LogP contribution in [0.2, 0.25) is 0 Å². The van der Waals surface area contributed by atoms with Gasteiger partial charge in [-0.3, -0.25) is 0 Å². The minimum Gasteiger partial charge on any atom is -0.463 e. The maximum atomic E-state index is 12.3. The molecular formula is C9H5F7O. The number of benzene rings is 1. The van der Waals surface area contributed by atoms with Crippen molar-refractivity contribution in [3.8, 4) is 5.75 Å². The maximum Gasteiger partial charge on any atom is 0.416 e. The van der Waals surface area contributed by atoms with Crippen molar-refractivity contribution in [1.29, 1.82) is 0 Å². The maximum absolute atomic E-state index is 12.3. The molecule has 0 radical (unpaired) electrons. The van der Waals surface area contributed by atoms with Crippen LogP contribution in [-0.4, -0.2) is 6.86 Å². The Morgan fingerprint density at radius 1 is 0.824 bits per heavy atom. The highest BCUT2D eigenvalue weighted by molar-refractivity contribution is 5.37. The van der Waals surface area contributed by atoms with Gasteiger partial charge in [-0.1, -0.05) is 0 Å². The predicted molar refractivity (Wildman–Crippen MR) is 43.0 cm³/mol. The molecule has 0 aliphatic heterocycles. The first-order valence-corrected chi connectivity index (χ1v) is 4.13. The highest BCUT2D eigenvalue weighted by atomic mass is 19.4. The molecule has 1 nitrogen and oxygen atoms in total. The van der Waals surface area contributed by atoms with Crippen molar-refractivity contribution >= 4 is 0 Å². The number of rotatable bonds is 2. The standard InChI is InChI=1S/C9H5F7O/c10-4-17-7-2-5(8(11,12)13)1-6(3-7)9(14,15)16/h1-3H,4H2. The van der Waals surface area contributed by atoms with Crippen LogP contribution >= 0.6 is 0 Å². The van der Waals surface area contributed by atoms with E-state index in [1.54, 1.807) is 0 Å².